The summed E-state index contributed by atoms with van der Waals surface area (Å²) in [7, 11) is 6.66. The van der Waals surface area contributed by atoms with E-state index in [0.29, 0.717) is 23.4 Å². The van der Waals surface area contributed by atoms with Crippen molar-refractivity contribution in [3.05, 3.63) is 58.4 Å². The summed E-state index contributed by atoms with van der Waals surface area (Å²) < 4.78 is 13.3. The number of Topliss-reactive ketones (excluding diaryl/α,β-unsaturated/α-hetero) is 4. The molecule has 0 saturated heterocycles. The number of ketones is 4. The van der Waals surface area contributed by atoms with Crippen molar-refractivity contribution in [1.82, 2.24) is 10.2 Å². The minimum atomic E-state index is -2.77. The van der Waals surface area contributed by atoms with Crippen LogP contribution < -0.4 is 16.0 Å². The van der Waals surface area contributed by atoms with Gasteiger partial charge in [0.05, 0.1) is 17.5 Å². The number of primary amides is 1. The monoisotopic (exact) mass is 594 g/mol. The van der Waals surface area contributed by atoms with E-state index in [2.05, 4.69) is 5.32 Å². The second-order valence-corrected chi connectivity index (χ2v) is 12.2. The molecule has 2 aromatic rings. The third kappa shape index (κ3) is 4.73. The van der Waals surface area contributed by atoms with E-state index >= 15 is 0 Å². The van der Waals surface area contributed by atoms with Gasteiger partial charge in [0.25, 0.3) is 0 Å². The number of benzene rings is 2. The van der Waals surface area contributed by atoms with Crippen molar-refractivity contribution >= 4 is 34.7 Å². The number of carbonyl (C=O) groups excluding carboxylic acids is 5. The second-order valence-electron chi connectivity index (χ2n) is 12.2. The lowest BCUT2D eigenvalue weighted by molar-refractivity contribution is -0.181. The lowest BCUT2D eigenvalue weighted by Gasteiger charge is -2.52. The molecule has 2 unspecified atom stereocenters. The van der Waals surface area contributed by atoms with Gasteiger partial charge in [-0.25, -0.2) is 4.39 Å². The van der Waals surface area contributed by atoms with E-state index in [1.54, 1.807) is 51.3 Å². The first-order valence-corrected chi connectivity index (χ1v) is 14.0. The van der Waals surface area contributed by atoms with Crippen LogP contribution in [0.5, 0.6) is 5.75 Å². The van der Waals surface area contributed by atoms with Crippen molar-refractivity contribution in [3.63, 3.8) is 0 Å². The molecule has 3 aliphatic carbocycles. The minimum Gasteiger partial charge on any atom is -0.507 e. The normalized spacial score (nSPS) is 28.4. The lowest BCUT2D eigenvalue weighted by Crippen LogP contribution is -2.74. The molecule has 2 fully saturated rings. The first-order valence-electron chi connectivity index (χ1n) is 14.0. The van der Waals surface area contributed by atoms with Gasteiger partial charge in [-0.3, -0.25) is 28.9 Å². The van der Waals surface area contributed by atoms with Crippen LogP contribution in [0.15, 0.2) is 30.3 Å². The van der Waals surface area contributed by atoms with Gasteiger partial charge in [-0.15, -0.1) is 0 Å². The highest BCUT2D eigenvalue weighted by molar-refractivity contribution is 6.32. The van der Waals surface area contributed by atoms with E-state index < -0.39 is 64.4 Å². The number of phenolic OH excluding ortho intramolecular Hbond substituents is 1. The van der Waals surface area contributed by atoms with E-state index in [1.165, 1.54) is 17.0 Å². The fraction of sp³-hybridized carbons (Fsp3) is 0.452. The molecular formula is C31H35FN4O7. The Kier molecular flexibility index (Phi) is 7.74. The fourth-order valence-electron chi connectivity index (χ4n) is 7.18. The number of nitrogens with two attached hydrogens (primary N) is 1. The molecule has 0 aliphatic heterocycles. The molecule has 43 heavy (non-hydrogen) atoms. The zero-order chi connectivity index (χ0) is 31.5. The van der Waals surface area contributed by atoms with Crippen molar-refractivity contribution < 1.29 is 38.6 Å². The van der Waals surface area contributed by atoms with Gasteiger partial charge in [0.2, 0.25) is 5.91 Å². The van der Waals surface area contributed by atoms with Gasteiger partial charge in [-0.1, -0.05) is 12.1 Å². The maximum absolute atomic E-state index is 14.1. The van der Waals surface area contributed by atoms with E-state index in [-0.39, 0.29) is 36.5 Å². The largest absolute Gasteiger partial charge is 0.507 e. The van der Waals surface area contributed by atoms with E-state index in [0.717, 1.165) is 5.56 Å². The van der Waals surface area contributed by atoms with Crippen LogP contribution in [-0.4, -0.2) is 84.0 Å². The fourth-order valence-corrected chi connectivity index (χ4v) is 7.18. The van der Waals surface area contributed by atoms with Crippen LogP contribution in [0.3, 0.4) is 0 Å². The van der Waals surface area contributed by atoms with Crippen LogP contribution in [0.25, 0.3) is 0 Å². The number of nitrogens with zero attached hydrogens (tertiary/aromatic N) is 2. The molecule has 0 bridgehead atoms. The SMILES string of the molecule is CN(C)c1cc(CNCc2ccc(F)cc2)c(O)c2c1C[C@H]1C[C@H]3[C@H](N(C)C)C(=O)C(C(N)=O)C(=O)[C@@]3(O)C(=O)C1C2=O. The van der Waals surface area contributed by atoms with Crippen LogP contribution in [0.2, 0.25) is 0 Å². The Morgan fingerprint density at radius 2 is 1.72 bits per heavy atom. The molecule has 6 atom stereocenters. The standard InChI is InChI=1S/C31H35FN4O7/c1-35(2)20-11-16(13-34-12-14-5-7-17(32)8-6-14)25(37)22-18(20)9-15-10-19-24(36(3)4)27(39)23(30(33)42)29(41)31(19,43)28(40)21(15)26(22)38/h5-8,11,15,19,21,23-24,34,37,43H,9-10,12-13H2,1-4H3,(H2,33,42)/t15-,19-,21?,23?,24-,31-/m0/s1. The quantitative estimate of drug-likeness (QED) is 0.328. The molecule has 0 aromatic heterocycles. The number of halogens is 1. The Balaban J connectivity index is 1.54. The number of fused-ring (bicyclic) bond motifs is 3. The smallest absolute Gasteiger partial charge is 0.235 e. The number of carbonyl (C=O) groups is 5. The third-order valence-corrected chi connectivity index (χ3v) is 9.16. The molecule has 5 N–H and O–H groups in total. The Labute approximate surface area is 247 Å². The molecule has 0 radical (unpaired) electrons. The minimum absolute atomic E-state index is 0.0154. The summed E-state index contributed by atoms with van der Waals surface area (Å²) in [6.07, 6.45) is 0.161. The van der Waals surface area contributed by atoms with Crippen LogP contribution in [0.4, 0.5) is 10.1 Å². The highest BCUT2D eigenvalue weighted by Crippen LogP contribution is 2.52. The number of nitrogens with one attached hydrogen (secondary N) is 1. The van der Waals surface area contributed by atoms with Crippen molar-refractivity contribution in [2.24, 2.45) is 29.4 Å². The molecular weight excluding hydrogens is 559 g/mol. The van der Waals surface area contributed by atoms with Gasteiger partial charge < -0.3 is 26.2 Å². The number of hydrogen-bond donors (Lipinski definition) is 4. The number of aromatic hydroxyl groups is 1. The maximum atomic E-state index is 14.1. The van der Waals surface area contributed by atoms with E-state index in [1.807, 2.05) is 0 Å². The Bertz CT molecular complexity index is 1540. The van der Waals surface area contributed by atoms with Gasteiger partial charge in [-0.05, 0) is 62.2 Å². The first-order chi connectivity index (χ1) is 20.2. The van der Waals surface area contributed by atoms with Gasteiger partial charge >= 0.3 is 0 Å². The first kappa shape index (κ1) is 30.5. The summed E-state index contributed by atoms with van der Waals surface area (Å²) in [4.78, 5) is 70.3. The molecule has 2 saturated carbocycles. The zero-order valence-corrected chi connectivity index (χ0v) is 24.4. The van der Waals surface area contributed by atoms with Crippen molar-refractivity contribution in [3.8, 4) is 5.75 Å². The molecule has 3 aliphatic rings. The molecule has 11 nitrogen and oxygen atoms in total. The molecule has 228 valence electrons. The van der Waals surface area contributed by atoms with Gasteiger partial charge in [0, 0.05) is 44.4 Å². The number of phenols is 1. The Morgan fingerprint density at radius 1 is 1.07 bits per heavy atom. The van der Waals surface area contributed by atoms with E-state index in [4.69, 9.17) is 5.73 Å². The zero-order valence-electron chi connectivity index (χ0n) is 24.4. The summed E-state index contributed by atoms with van der Waals surface area (Å²) in [6, 6.07) is 6.53. The van der Waals surface area contributed by atoms with Gasteiger partial charge in [0.1, 0.15) is 11.6 Å². The Morgan fingerprint density at radius 3 is 2.30 bits per heavy atom. The highest BCUT2D eigenvalue weighted by atomic mass is 19.1. The van der Waals surface area contributed by atoms with Crippen LogP contribution in [0.1, 0.15) is 33.5 Å². The molecule has 0 heterocycles. The number of rotatable bonds is 7. The molecule has 1 amide bonds. The predicted octanol–water partition coefficient (Wildman–Crippen LogP) is 0.362. The third-order valence-electron chi connectivity index (χ3n) is 9.16. The van der Waals surface area contributed by atoms with Crippen molar-refractivity contribution in [2.75, 3.05) is 33.1 Å². The number of aliphatic hydroxyl groups is 1. The summed E-state index contributed by atoms with van der Waals surface area (Å²) in [5.41, 5.74) is 4.92. The second kappa shape index (κ2) is 10.9. The van der Waals surface area contributed by atoms with Crippen LogP contribution in [0, 0.1) is 29.5 Å². The van der Waals surface area contributed by atoms with Crippen LogP contribution >= 0.6 is 0 Å². The van der Waals surface area contributed by atoms with Crippen LogP contribution in [-0.2, 0) is 38.7 Å². The molecule has 5 rings (SSSR count). The van der Waals surface area contributed by atoms with E-state index in [9.17, 15) is 38.6 Å². The number of likely N-dealkylation sites (N-methyl/N-ethyl adjacent to an activating group) is 1. The summed E-state index contributed by atoms with van der Waals surface area (Å²) in [5.74, 6) is -11.2. The Hall–Kier alpha value is -4.00. The highest BCUT2D eigenvalue weighted by Gasteiger charge is 2.69. The van der Waals surface area contributed by atoms with Crippen molar-refractivity contribution in [1.29, 1.82) is 0 Å². The van der Waals surface area contributed by atoms with Crippen molar-refractivity contribution in [2.45, 2.75) is 37.6 Å². The average Bonchev–Trinajstić information content (AvgIpc) is 2.92. The average molecular weight is 595 g/mol. The topological polar surface area (TPSA) is 170 Å². The number of amides is 1. The molecule has 0 spiro atoms. The lowest BCUT2D eigenvalue weighted by atomic mass is 9.52. The molecule has 2 aromatic carbocycles. The van der Waals surface area contributed by atoms with Gasteiger partial charge in [-0.2, -0.15) is 0 Å². The number of anilines is 1. The number of hydrogen-bond acceptors (Lipinski definition) is 10. The maximum Gasteiger partial charge on any atom is 0.235 e. The van der Waals surface area contributed by atoms with Gasteiger partial charge in [0.15, 0.2) is 34.7 Å². The predicted molar refractivity (Wildman–Crippen MR) is 153 cm³/mol. The summed E-state index contributed by atoms with van der Waals surface area (Å²) in [5, 5.41) is 26.3. The molecule has 12 heteroatoms. The summed E-state index contributed by atoms with van der Waals surface area (Å²) >= 11 is 0. The summed E-state index contributed by atoms with van der Waals surface area (Å²) in [6.45, 7) is 0.499.